The van der Waals surface area contributed by atoms with Crippen molar-refractivity contribution in [3.05, 3.63) is 0 Å². The Kier molecular flexibility index (Phi) is 2.37. The van der Waals surface area contributed by atoms with Crippen molar-refractivity contribution in [2.75, 3.05) is 6.54 Å². The quantitative estimate of drug-likeness (QED) is 0.643. The summed E-state index contributed by atoms with van der Waals surface area (Å²) in [5.41, 5.74) is 0. The fraction of sp³-hybridized carbons (Fsp3) is 1.00. The fourth-order valence-electron chi connectivity index (χ4n) is 2.00. The Morgan fingerprint density at radius 3 is 2.50 bits per heavy atom. The lowest BCUT2D eigenvalue weighted by atomic mass is 9.80. The van der Waals surface area contributed by atoms with Gasteiger partial charge in [-0.1, -0.05) is 6.42 Å². The molecule has 1 aliphatic carbocycles. The molecule has 2 heteroatoms. The molecule has 1 saturated carbocycles. The Hall–Kier alpha value is -0.0800. The van der Waals surface area contributed by atoms with Gasteiger partial charge in [-0.3, -0.25) is 0 Å². The lowest BCUT2D eigenvalue weighted by molar-refractivity contribution is -0.0907. The predicted octanol–water partition coefficient (Wildman–Crippen LogP) is 1.55. The summed E-state index contributed by atoms with van der Waals surface area (Å²) in [7, 11) is 0. The Labute approximate surface area is 74.7 Å². The minimum Gasteiger partial charge on any atom is -0.372 e. The second-order valence-corrected chi connectivity index (χ2v) is 4.27. The van der Waals surface area contributed by atoms with Crippen LogP contribution in [0, 0.1) is 5.92 Å². The van der Waals surface area contributed by atoms with Gasteiger partial charge in [-0.2, -0.15) is 0 Å². The summed E-state index contributed by atoms with van der Waals surface area (Å²) in [6.07, 6.45) is 5.07. The smallest absolute Gasteiger partial charge is 0.0732 e. The molecule has 0 bridgehead atoms. The van der Waals surface area contributed by atoms with Crippen molar-refractivity contribution in [3.8, 4) is 0 Å². The van der Waals surface area contributed by atoms with Crippen LogP contribution in [-0.2, 0) is 4.74 Å². The van der Waals surface area contributed by atoms with Crippen molar-refractivity contribution in [2.45, 2.75) is 51.4 Å². The average Bonchev–Trinajstić information content (AvgIpc) is 1.93. The Morgan fingerprint density at radius 2 is 2.00 bits per heavy atom. The van der Waals surface area contributed by atoms with Crippen molar-refractivity contribution in [1.29, 1.82) is 0 Å². The highest BCUT2D eigenvalue weighted by Crippen LogP contribution is 2.32. The normalized spacial score (nSPS) is 44.0. The van der Waals surface area contributed by atoms with E-state index in [0.717, 1.165) is 12.5 Å². The third-order valence-electron chi connectivity index (χ3n) is 3.41. The van der Waals surface area contributed by atoms with E-state index in [2.05, 4.69) is 19.2 Å². The lowest BCUT2D eigenvalue weighted by Crippen LogP contribution is -2.53. The van der Waals surface area contributed by atoms with Gasteiger partial charge in [0.25, 0.3) is 0 Å². The molecule has 0 aromatic heterocycles. The number of morpholine rings is 1. The van der Waals surface area contributed by atoms with E-state index >= 15 is 0 Å². The number of hydrogen-bond donors (Lipinski definition) is 1. The Balaban J connectivity index is 1.84. The van der Waals surface area contributed by atoms with Gasteiger partial charge in [0.1, 0.15) is 0 Å². The molecular weight excluding hydrogens is 150 g/mol. The van der Waals surface area contributed by atoms with Crippen LogP contribution < -0.4 is 5.32 Å². The first-order chi connectivity index (χ1) is 5.77. The molecule has 0 aromatic rings. The molecule has 2 rings (SSSR count). The molecule has 0 aromatic carbocycles. The second kappa shape index (κ2) is 3.35. The minimum atomic E-state index is 0.393. The van der Waals surface area contributed by atoms with Crippen LogP contribution in [0.1, 0.15) is 33.1 Å². The van der Waals surface area contributed by atoms with Crippen molar-refractivity contribution in [3.63, 3.8) is 0 Å². The van der Waals surface area contributed by atoms with Gasteiger partial charge in [0, 0.05) is 12.6 Å². The molecular formula is C10H19NO. The molecule has 1 heterocycles. The van der Waals surface area contributed by atoms with E-state index in [1.54, 1.807) is 0 Å². The van der Waals surface area contributed by atoms with Crippen LogP contribution >= 0.6 is 0 Å². The van der Waals surface area contributed by atoms with Crippen molar-refractivity contribution in [2.24, 2.45) is 5.92 Å². The van der Waals surface area contributed by atoms with Crippen LogP contribution in [0.2, 0.25) is 0 Å². The summed E-state index contributed by atoms with van der Waals surface area (Å²) in [6.45, 7) is 5.43. The zero-order valence-electron chi connectivity index (χ0n) is 8.05. The first-order valence-corrected chi connectivity index (χ1v) is 5.16. The van der Waals surface area contributed by atoms with Crippen LogP contribution in [0.4, 0.5) is 0 Å². The van der Waals surface area contributed by atoms with Gasteiger partial charge < -0.3 is 10.1 Å². The molecule has 12 heavy (non-hydrogen) atoms. The number of nitrogens with one attached hydrogen (secondary N) is 1. The molecule has 3 unspecified atom stereocenters. The summed E-state index contributed by atoms with van der Waals surface area (Å²) in [5, 5.41) is 3.51. The van der Waals surface area contributed by atoms with E-state index in [-0.39, 0.29) is 0 Å². The summed E-state index contributed by atoms with van der Waals surface area (Å²) in [4.78, 5) is 0. The third kappa shape index (κ3) is 1.50. The van der Waals surface area contributed by atoms with Crippen molar-refractivity contribution in [1.82, 2.24) is 5.32 Å². The summed E-state index contributed by atoms with van der Waals surface area (Å²) in [5.74, 6) is 0.854. The highest BCUT2D eigenvalue weighted by atomic mass is 16.5. The van der Waals surface area contributed by atoms with E-state index in [1.807, 2.05) is 0 Å². The molecule has 1 saturated heterocycles. The van der Waals surface area contributed by atoms with Crippen molar-refractivity contribution < 1.29 is 4.74 Å². The van der Waals surface area contributed by atoms with Crippen LogP contribution in [0.5, 0.6) is 0 Å². The Bertz CT molecular complexity index is 156. The Morgan fingerprint density at radius 1 is 1.25 bits per heavy atom. The van der Waals surface area contributed by atoms with E-state index in [9.17, 15) is 0 Å². The van der Waals surface area contributed by atoms with Crippen molar-refractivity contribution >= 4 is 0 Å². The number of rotatable bonds is 1. The van der Waals surface area contributed by atoms with Gasteiger partial charge in [0.15, 0.2) is 0 Å². The monoisotopic (exact) mass is 169 g/mol. The third-order valence-corrected chi connectivity index (χ3v) is 3.41. The van der Waals surface area contributed by atoms with Gasteiger partial charge in [0.2, 0.25) is 0 Å². The largest absolute Gasteiger partial charge is 0.372 e. The molecule has 0 radical (unpaired) electrons. The van der Waals surface area contributed by atoms with Crippen LogP contribution in [0.25, 0.3) is 0 Å². The standard InChI is InChI=1S/C10H19NO/c1-7-8(2)12-10(6-11-7)9-4-3-5-9/h7-11H,3-6H2,1-2H3. The molecule has 2 aliphatic rings. The van der Waals surface area contributed by atoms with Gasteiger partial charge in [0.05, 0.1) is 12.2 Å². The predicted molar refractivity (Wildman–Crippen MR) is 49.1 cm³/mol. The maximum absolute atomic E-state index is 5.94. The highest BCUT2D eigenvalue weighted by molar-refractivity contribution is 4.86. The van der Waals surface area contributed by atoms with Crippen LogP contribution in [0.3, 0.4) is 0 Å². The topological polar surface area (TPSA) is 21.3 Å². The van der Waals surface area contributed by atoms with E-state index in [0.29, 0.717) is 18.2 Å². The molecule has 70 valence electrons. The molecule has 1 N–H and O–H groups in total. The summed E-state index contributed by atoms with van der Waals surface area (Å²) >= 11 is 0. The molecule has 3 atom stereocenters. The molecule has 2 nitrogen and oxygen atoms in total. The maximum atomic E-state index is 5.94. The van der Waals surface area contributed by atoms with Gasteiger partial charge in [-0.15, -0.1) is 0 Å². The summed E-state index contributed by atoms with van der Waals surface area (Å²) < 4.78 is 5.94. The zero-order valence-corrected chi connectivity index (χ0v) is 8.05. The average molecular weight is 169 g/mol. The highest BCUT2D eigenvalue weighted by Gasteiger charge is 2.33. The molecule has 0 spiro atoms. The molecule has 0 amide bonds. The SMILES string of the molecule is CC1NCC(C2CCC2)OC1C. The maximum Gasteiger partial charge on any atom is 0.0732 e. The van der Waals surface area contributed by atoms with Crippen LogP contribution in [0.15, 0.2) is 0 Å². The number of hydrogen-bond acceptors (Lipinski definition) is 2. The first kappa shape index (κ1) is 8.52. The lowest BCUT2D eigenvalue weighted by Gasteiger charge is -2.41. The minimum absolute atomic E-state index is 0.393. The van der Waals surface area contributed by atoms with E-state index in [1.165, 1.54) is 19.3 Å². The first-order valence-electron chi connectivity index (χ1n) is 5.16. The van der Waals surface area contributed by atoms with E-state index in [4.69, 9.17) is 4.74 Å². The van der Waals surface area contributed by atoms with Gasteiger partial charge in [-0.05, 0) is 32.6 Å². The number of ether oxygens (including phenoxy) is 1. The molecule has 2 fully saturated rings. The second-order valence-electron chi connectivity index (χ2n) is 4.27. The molecule has 1 aliphatic heterocycles. The van der Waals surface area contributed by atoms with E-state index < -0.39 is 0 Å². The summed E-state index contributed by atoms with van der Waals surface area (Å²) in [6, 6.07) is 0.529. The zero-order chi connectivity index (χ0) is 8.55. The van der Waals surface area contributed by atoms with Gasteiger partial charge >= 0.3 is 0 Å². The van der Waals surface area contributed by atoms with Gasteiger partial charge in [-0.25, -0.2) is 0 Å². The van der Waals surface area contributed by atoms with Crippen LogP contribution in [-0.4, -0.2) is 24.8 Å². The fourth-order valence-corrected chi connectivity index (χ4v) is 2.00.